The SMILES string of the molecule is Cn1nccc1C(=O)NCCC(=O)NCc1ccc(F)cc1. The Morgan fingerprint density at radius 2 is 1.91 bits per heavy atom. The van der Waals surface area contributed by atoms with Crippen LogP contribution in [0.5, 0.6) is 0 Å². The summed E-state index contributed by atoms with van der Waals surface area (Å²) in [7, 11) is 1.67. The molecule has 0 atom stereocenters. The second-order valence-electron chi connectivity index (χ2n) is 4.75. The van der Waals surface area contributed by atoms with Crippen LogP contribution < -0.4 is 10.6 Å². The molecule has 0 spiro atoms. The maximum absolute atomic E-state index is 12.7. The lowest BCUT2D eigenvalue weighted by Gasteiger charge is -2.07. The molecule has 1 heterocycles. The van der Waals surface area contributed by atoms with Crippen molar-refractivity contribution >= 4 is 11.8 Å². The van der Waals surface area contributed by atoms with Crippen LogP contribution in [-0.4, -0.2) is 28.1 Å². The molecule has 1 aromatic heterocycles. The highest BCUT2D eigenvalue weighted by atomic mass is 19.1. The van der Waals surface area contributed by atoms with Crippen LogP contribution in [0.15, 0.2) is 36.5 Å². The molecule has 2 aromatic rings. The van der Waals surface area contributed by atoms with Gasteiger partial charge in [-0.2, -0.15) is 5.10 Å². The van der Waals surface area contributed by atoms with E-state index in [0.29, 0.717) is 12.2 Å². The number of aryl methyl sites for hydroxylation is 1. The Bertz CT molecular complexity index is 652. The van der Waals surface area contributed by atoms with Crippen LogP contribution in [0.2, 0.25) is 0 Å². The van der Waals surface area contributed by atoms with E-state index in [2.05, 4.69) is 15.7 Å². The first-order valence-corrected chi connectivity index (χ1v) is 6.83. The summed E-state index contributed by atoms with van der Waals surface area (Å²) < 4.78 is 14.2. The van der Waals surface area contributed by atoms with Gasteiger partial charge in [0.15, 0.2) is 0 Å². The van der Waals surface area contributed by atoms with E-state index < -0.39 is 0 Å². The number of nitrogens with one attached hydrogen (secondary N) is 2. The zero-order chi connectivity index (χ0) is 15.9. The number of carbonyl (C=O) groups is 2. The van der Waals surface area contributed by atoms with Crippen LogP contribution in [0.3, 0.4) is 0 Å². The topological polar surface area (TPSA) is 76.0 Å². The van der Waals surface area contributed by atoms with Crippen LogP contribution >= 0.6 is 0 Å². The molecule has 2 amide bonds. The molecule has 22 heavy (non-hydrogen) atoms. The first-order valence-electron chi connectivity index (χ1n) is 6.83. The second kappa shape index (κ2) is 7.35. The number of rotatable bonds is 6. The molecule has 0 bridgehead atoms. The summed E-state index contributed by atoms with van der Waals surface area (Å²) in [4.78, 5) is 23.4. The highest BCUT2D eigenvalue weighted by Crippen LogP contribution is 2.02. The minimum absolute atomic E-state index is 0.171. The minimum Gasteiger partial charge on any atom is -0.352 e. The molecule has 116 valence electrons. The molecule has 7 heteroatoms. The van der Waals surface area contributed by atoms with Gasteiger partial charge in [-0.1, -0.05) is 12.1 Å². The van der Waals surface area contributed by atoms with Gasteiger partial charge in [-0.25, -0.2) is 4.39 Å². The Balaban J connectivity index is 1.68. The van der Waals surface area contributed by atoms with E-state index >= 15 is 0 Å². The van der Waals surface area contributed by atoms with Crippen molar-refractivity contribution in [3.05, 3.63) is 53.6 Å². The van der Waals surface area contributed by atoms with Crippen molar-refractivity contribution in [3.63, 3.8) is 0 Å². The standard InChI is InChI=1S/C15H17FN4O2/c1-20-13(6-9-19-20)15(22)17-8-7-14(21)18-10-11-2-4-12(16)5-3-11/h2-6,9H,7-8,10H2,1H3,(H,17,22)(H,18,21). The highest BCUT2D eigenvalue weighted by molar-refractivity contribution is 5.92. The van der Waals surface area contributed by atoms with Gasteiger partial charge >= 0.3 is 0 Å². The molecular weight excluding hydrogens is 287 g/mol. The molecule has 0 unspecified atom stereocenters. The number of aromatic nitrogens is 2. The summed E-state index contributed by atoms with van der Waals surface area (Å²) in [6.07, 6.45) is 1.70. The molecule has 1 aromatic carbocycles. The summed E-state index contributed by atoms with van der Waals surface area (Å²) in [6.45, 7) is 0.564. The van der Waals surface area contributed by atoms with E-state index in [1.165, 1.54) is 23.0 Å². The third-order valence-electron chi connectivity index (χ3n) is 3.09. The zero-order valence-electron chi connectivity index (χ0n) is 12.2. The Morgan fingerprint density at radius 3 is 2.55 bits per heavy atom. The first-order chi connectivity index (χ1) is 10.6. The van der Waals surface area contributed by atoms with Crippen molar-refractivity contribution in [2.45, 2.75) is 13.0 Å². The number of carbonyl (C=O) groups excluding carboxylic acids is 2. The van der Waals surface area contributed by atoms with E-state index in [1.807, 2.05) is 0 Å². The second-order valence-corrected chi connectivity index (χ2v) is 4.75. The largest absolute Gasteiger partial charge is 0.352 e. The van der Waals surface area contributed by atoms with Crippen LogP contribution in [0.4, 0.5) is 4.39 Å². The molecule has 2 rings (SSSR count). The van der Waals surface area contributed by atoms with Crippen LogP contribution in [0.25, 0.3) is 0 Å². The van der Waals surface area contributed by atoms with Gasteiger partial charge in [0.05, 0.1) is 0 Å². The lowest BCUT2D eigenvalue weighted by Crippen LogP contribution is -2.31. The minimum atomic E-state index is -0.312. The summed E-state index contributed by atoms with van der Waals surface area (Å²) in [5, 5.41) is 9.26. The third-order valence-corrected chi connectivity index (χ3v) is 3.09. The average Bonchev–Trinajstić information content (AvgIpc) is 2.93. The Morgan fingerprint density at radius 1 is 1.18 bits per heavy atom. The van der Waals surface area contributed by atoms with E-state index in [0.717, 1.165) is 5.56 Å². The molecule has 0 saturated heterocycles. The van der Waals surface area contributed by atoms with Crippen molar-refractivity contribution in [2.24, 2.45) is 7.05 Å². The highest BCUT2D eigenvalue weighted by Gasteiger charge is 2.09. The van der Waals surface area contributed by atoms with Gasteiger partial charge in [0.2, 0.25) is 5.91 Å². The fourth-order valence-electron chi connectivity index (χ4n) is 1.87. The molecule has 0 radical (unpaired) electrons. The zero-order valence-corrected chi connectivity index (χ0v) is 12.2. The lowest BCUT2D eigenvalue weighted by atomic mass is 10.2. The van der Waals surface area contributed by atoms with Crippen molar-refractivity contribution in [1.29, 1.82) is 0 Å². The molecule has 0 aliphatic rings. The number of hydrogen-bond donors (Lipinski definition) is 2. The first kappa shape index (κ1) is 15.7. The Labute approximate surface area is 127 Å². The maximum atomic E-state index is 12.7. The summed E-state index contributed by atoms with van der Waals surface area (Å²) in [6, 6.07) is 7.51. The van der Waals surface area contributed by atoms with Gasteiger partial charge in [-0.15, -0.1) is 0 Å². The van der Waals surface area contributed by atoms with E-state index in [1.54, 1.807) is 25.2 Å². The van der Waals surface area contributed by atoms with Gasteiger partial charge in [0.25, 0.3) is 5.91 Å². The number of nitrogens with zero attached hydrogens (tertiary/aromatic N) is 2. The van der Waals surface area contributed by atoms with Gasteiger partial charge in [-0.05, 0) is 23.8 Å². The predicted octanol–water partition coefficient (Wildman–Crippen LogP) is 0.995. The van der Waals surface area contributed by atoms with Crippen molar-refractivity contribution in [2.75, 3.05) is 6.54 Å². The van der Waals surface area contributed by atoms with Crippen LogP contribution in [0, 0.1) is 5.82 Å². The van der Waals surface area contributed by atoms with Gasteiger partial charge in [-0.3, -0.25) is 14.3 Å². The van der Waals surface area contributed by atoms with Crippen molar-refractivity contribution < 1.29 is 14.0 Å². The molecule has 0 aliphatic heterocycles. The predicted molar refractivity (Wildman–Crippen MR) is 78.4 cm³/mol. The Hall–Kier alpha value is -2.70. The molecule has 0 aliphatic carbocycles. The van der Waals surface area contributed by atoms with E-state index in [4.69, 9.17) is 0 Å². The summed E-state index contributed by atoms with van der Waals surface area (Å²) in [5.74, 6) is -0.770. The van der Waals surface area contributed by atoms with Gasteiger partial charge in [0.1, 0.15) is 11.5 Å². The maximum Gasteiger partial charge on any atom is 0.269 e. The molecule has 6 nitrogen and oxygen atoms in total. The number of halogens is 1. The summed E-state index contributed by atoms with van der Waals surface area (Å²) >= 11 is 0. The lowest BCUT2D eigenvalue weighted by molar-refractivity contribution is -0.121. The Kier molecular flexibility index (Phi) is 5.24. The quantitative estimate of drug-likeness (QED) is 0.836. The number of benzene rings is 1. The molecule has 2 N–H and O–H groups in total. The monoisotopic (exact) mass is 304 g/mol. The normalized spacial score (nSPS) is 10.3. The fourth-order valence-corrected chi connectivity index (χ4v) is 1.87. The van der Waals surface area contributed by atoms with Crippen molar-refractivity contribution in [3.8, 4) is 0 Å². The molecule has 0 fully saturated rings. The van der Waals surface area contributed by atoms with Gasteiger partial charge < -0.3 is 10.6 Å². The smallest absolute Gasteiger partial charge is 0.269 e. The molecular formula is C15H17FN4O2. The number of hydrogen-bond acceptors (Lipinski definition) is 3. The summed E-state index contributed by atoms with van der Waals surface area (Å²) in [5.41, 5.74) is 1.25. The van der Waals surface area contributed by atoms with E-state index in [9.17, 15) is 14.0 Å². The fraction of sp³-hybridized carbons (Fsp3) is 0.267. The molecule has 0 saturated carbocycles. The third kappa shape index (κ3) is 4.41. The van der Waals surface area contributed by atoms with E-state index in [-0.39, 0.29) is 30.6 Å². The van der Waals surface area contributed by atoms with Crippen LogP contribution in [0.1, 0.15) is 22.5 Å². The van der Waals surface area contributed by atoms with Crippen molar-refractivity contribution in [1.82, 2.24) is 20.4 Å². The van der Waals surface area contributed by atoms with Crippen LogP contribution in [-0.2, 0) is 18.4 Å². The number of amides is 2. The average molecular weight is 304 g/mol. The van der Waals surface area contributed by atoms with Gasteiger partial charge in [0, 0.05) is 32.8 Å².